The summed E-state index contributed by atoms with van der Waals surface area (Å²) >= 11 is 0. The molecule has 2 heterocycles. The number of amides is 1. The summed E-state index contributed by atoms with van der Waals surface area (Å²) in [4.78, 5) is 17.9. The Labute approximate surface area is 124 Å². The topological polar surface area (TPSA) is 54.3 Å². The summed E-state index contributed by atoms with van der Waals surface area (Å²) in [6.07, 6.45) is 2.31. The maximum atomic E-state index is 12.1. The second-order valence-electron chi connectivity index (χ2n) is 5.77. The van der Waals surface area contributed by atoms with Crippen LogP contribution in [0.3, 0.4) is 0 Å². The molecule has 6 nitrogen and oxygen atoms in total. The van der Waals surface area contributed by atoms with Crippen molar-refractivity contribution in [2.24, 2.45) is 0 Å². The first-order chi connectivity index (χ1) is 10.1. The van der Waals surface area contributed by atoms with Crippen molar-refractivity contribution in [2.75, 3.05) is 27.2 Å². The van der Waals surface area contributed by atoms with Crippen molar-refractivity contribution in [1.82, 2.24) is 24.8 Å². The molecule has 1 fully saturated rings. The van der Waals surface area contributed by atoms with Crippen LogP contribution in [0, 0.1) is 0 Å². The lowest BCUT2D eigenvalue weighted by Gasteiger charge is -2.27. The largest absolute Gasteiger partial charge is 0.319 e. The van der Waals surface area contributed by atoms with E-state index in [1.807, 2.05) is 43.3 Å². The van der Waals surface area contributed by atoms with Gasteiger partial charge < -0.3 is 9.80 Å². The molecule has 0 spiro atoms. The molecule has 1 aliphatic heterocycles. The van der Waals surface area contributed by atoms with Gasteiger partial charge in [0.25, 0.3) is 0 Å². The van der Waals surface area contributed by atoms with Crippen LogP contribution in [0.4, 0.5) is 0 Å². The van der Waals surface area contributed by atoms with Gasteiger partial charge in [0.2, 0.25) is 5.91 Å². The third kappa shape index (κ3) is 2.90. The molecule has 21 heavy (non-hydrogen) atoms. The van der Waals surface area contributed by atoms with Crippen LogP contribution in [0.25, 0.3) is 11.0 Å². The lowest BCUT2D eigenvalue weighted by atomic mass is 10.3. The first kappa shape index (κ1) is 14.0. The Balaban J connectivity index is 1.91. The third-order valence-electron chi connectivity index (χ3n) is 3.87. The van der Waals surface area contributed by atoms with Gasteiger partial charge in [-0.25, -0.2) is 0 Å². The van der Waals surface area contributed by atoms with Crippen LogP contribution in [0.15, 0.2) is 24.3 Å². The first-order valence-corrected chi connectivity index (χ1v) is 7.41. The van der Waals surface area contributed by atoms with E-state index in [0.29, 0.717) is 6.42 Å². The molecule has 1 atom stereocenters. The highest BCUT2D eigenvalue weighted by atomic mass is 16.2. The molecule has 0 aliphatic carbocycles. The number of hydrogen-bond donors (Lipinski definition) is 0. The number of carbonyl (C=O) groups excluding carboxylic acids is 1. The van der Waals surface area contributed by atoms with E-state index in [4.69, 9.17) is 0 Å². The molecular weight excluding hydrogens is 266 g/mol. The Morgan fingerprint density at radius 1 is 1.24 bits per heavy atom. The Morgan fingerprint density at radius 2 is 1.90 bits per heavy atom. The predicted octanol–water partition coefficient (Wildman–Crippen LogP) is 1.50. The molecule has 1 amide bonds. The van der Waals surface area contributed by atoms with E-state index in [-0.39, 0.29) is 12.1 Å². The molecular formula is C15H21N5O. The van der Waals surface area contributed by atoms with Crippen LogP contribution in [-0.4, -0.2) is 57.9 Å². The number of benzene rings is 1. The van der Waals surface area contributed by atoms with Gasteiger partial charge in [-0.2, -0.15) is 15.0 Å². The molecule has 0 radical (unpaired) electrons. The molecule has 0 bridgehead atoms. The number of likely N-dealkylation sites (tertiary alicyclic amines) is 1. The van der Waals surface area contributed by atoms with Crippen molar-refractivity contribution in [3.63, 3.8) is 0 Å². The molecule has 1 unspecified atom stereocenters. The van der Waals surface area contributed by atoms with E-state index < -0.39 is 0 Å². The van der Waals surface area contributed by atoms with Crippen molar-refractivity contribution >= 4 is 16.9 Å². The molecule has 3 rings (SSSR count). The van der Waals surface area contributed by atoms with E-state index in [1.165, 1.54) is 0 Å². The number of hydrogen-bond acceptors (Lipinski definition) is 4. The van der Waals surface area contributed by atoms with Gasteiger partial charge in [-0.15, -0.1) is 0 Å². The number of carbonyl (C=O) groups is 1. The second-order valence-corrected chi connectivity index (χ2v) is 5.77. The maximum Gasteiger partial charge on any atom is 0.224 e. The molecule has 1 aromatic heterocycles. The van der Waals surface area contributed by atoms with Gasteiger partial charge in [-0.3, -0.25) is 4.79 Å². The van der Waals surface area contributed by atoms with E-state index in [0.717, 1.165) is 37.0 Å². The summed E-state index contributed by atoms with van der Waals surface area (Å²) in [7, 11) is 4.08. The van der Waals surface area contributed by atoms with Crippen molar-refractivity contribution in [1.29, 1.82) is 0 Å². The van der Waals surface area contributed by atoms with Crippen LogP contribution in [0.1, 0.15) is 25.4 Å². The fourth-order valence-corrected chi connectivity index (χ4v) is 2.76. The summed E-state index contributed by atoms with van der Waals surface area (Å²) in [6.45, 7) is 1.70. The minimum Gasteiger partial charge on any atom is -0.319 e. The highest BCUT2D eigenvalue weighted by molar-refractivity contribution is 5.78. The van der Waals surface area contributed by atoms with Gasteiger partial charge in [-0.05, 0) is 32.6 Å². The van der Waals surface area contributed by atoms with Crippen LogP contribution in [0.2, 0.25) is 0 Å². The Morgan fingerprint density at radius 3 is 2.43 bits per heavy atom. The second kappa shape index (κ2) is 5.81. The molecule has 112 valence electrons. The van der Waals surface area contributed by atoms with Crippen LogP contribution in [-0.2, 0) is 4.79 Å². The fourth-order valence-electron chi connectivity index (χ4n) is 2.76. The standard InChI is InChI=1S/C15H21N5O/c1-18(2)11-9-14(19-10-5-8-15(19)21)20-16-12-6-3-4-7-13(12)17-20/h3-4,6-7,14H,5,8-11H2,1-2H3. The van der Waals surface area contributed by atoms with Gasteiger partial charge in [0.1, 0.15) is 17.2 Å². The predicted molar refractivity (Wildman–Crippen MR) is 80.7 cm³/mol. The molecule has 0 N–H and O–H groups in total. The van der Waals surface area contributed by atoms with Crippen molar-refractivity contribution in [2.45, 2.75) is 25.4 Å². The highest BCUT2D eigenvalue weighted by Crippen LogP contribution is 2.24. The molecule has 1 saturated heterocycles. The van der Waals surface area contributed by atoms with Crippen molar-refractivity contribution in [3.8, 4) is 0 Å². The number of aromatic nitrogens is 3. The molecule has 1 aliphatic rings. The van der Waals surface area contributed by atoms with Crippen LogP contribution >= 0.6 is 0 Å². The molecule has 0 saturated carbocycles. The smallest absolute Gasteiger partial charge is 0.224 e. The first-order valence-electron chi connectivity index (χ1n) is 7.41. The summed E-state index contributed by atoms with van der Waals surface area (Å²) in [5.41, 5.74) is 1.75. The lowest BCUT2D eigenvalue weighted by Crippen LogP contribution is -2.36. The molecule has 1 aromatic carbocycles. The summed E-state index contributed by atoms with van der Waals surface area (Å²) in [5, 5.41) is 9.13. The quantitative estimate of drug-likeness (QED) is 0.836. The van der Waals surface area contributed by atoms with Crippen molar-refractivity contribution in [3.05, 3.63) is 24.3 Å². The van der Waals surface area contributed by atoms with Crippen molar-refractivity contribution < 1.29 is 4.79 Å². The highest BCUT2D eigenvalue weighted by Gasteiger charge is 2.30. The summed E-state index contributed by atoms with van der Waals surface area (Å²) < 4.78 is 0. The SMILES string of the molecule is CN(C)CCC(N1CCCC1=O)n1nc2ccccc2n1. The molecule has 6 heteroatoms. The average molecular weight is 287 g/mol. The third-order valence-corrected chi connectivity index (χ3v) is 3.87. The molecule has 2 aromatic rings. The number of rotatable bonds is 5. The summed E-state index contributed by atoms with van der Waals surface area (Å²) in [5.74, 6) is 0.208. The fraction of sp³-hybridized carbons (Fsp3) is 0.533. The normalized spacial score (nSPS) is 17.1. The number of nitrogens with zero attached hydrogens (tertiary/aromatic N) is 5. The van der Waals surface area contributed by atoms with Crippen LogP contribution in [0.5, 0.6) is 0 Å². The van der Waals surface area contributed by atoms with Gasteiger partial charge in [0.15, 0.2) is 0 Å². The zero-order valence-electron chi connectivity index (χ0n) is 12.6. The van der Waals surface area contributed by atoms with E-state index in [2.05, 4.69) is 15.1 Å². The monoisotopic (exact) mass is 287 g/mol. The average Bonchev–Trinajstić information content (AvgIpc) is 3.05. The van der Waals surface area contributed by atoms with Gasteiger partial charge in [-0.1, -0.05) is 12.1 Å². The minimum absolute atomic E-state index is 0.0881. The van der Waals surface area contributed by atoms with E-state index in [9.17, 15) is 4.79 Å². The van der Waals surface area contributed by atoms with E-state index >= 15 is 0 Å². The zero-order chi connectivity index (χ0) is 14.8. The minimum atomic E-state index is -0.0881. The maximum absolute atomic E-state index is 12.1. The summed E-state index contributed by atoms with van der Waals surface area (Å²) in [6, 6.07) is 7.82. The van der Waals surface area contributed by atoms with Gasteiger partial charge in [0.05, 0.1) is 0 Å². The zero-order valence-corrected chi connectivity index (χ0v) is 12.6. The number of fused-ring (bicyclic) bond motifs is 1. The Bertz CT molecular complexity index is 603. The Hall–Kier alpha value is -1.95. The Kier molecular flexibility index (Phi) is 3.88. The van der Waals surface area contributed by atoms with Gasteiger partial charge >= 0.3 is 0 Å². The van der Waals surface area contributed by atoms with E-state index in [1.54, 1.807) is 4.80 Å². The van der Waals surface area contributed by atoms with Gasteiger partial charge in [0, 0.05) is 25.9 Å². The lowest BCUT2D eigenvalue weighted by molar-refractivity contribution is -0.132. The van der Waals surface area contributed by atoms with Crippen LogP contribution < -0.4 is 0 Å².